The van der Waals surface area contributed by atoms with Crippen LogP contribution in [0.25, 0.3) is 0 Å². The van der Waals surface area contributed by atoms with Gasteiger partial charge in [-0.2, -0.15) is 0 Å². The minimum absolute atomic E-state index is 0.00118. The highest BCUT2D eigenvalue weighted by atomic mass is 16.5. The van der Waals surface area contributed by atoms with Gasteiger partial charge in [-0.05, 0) is 43.5 Å². The van der Waals surface area contributed by atoms with E-state index in [9.17, 15) is 4.79 Å². The average Bonchev–Trinajstić information content (AvgIpc) is 3.10. The number of aromatic nitrogens is 2. The van der Waals surface area contributed by atoms with Crippen LogP contribution >= 0.6 is 0 Å². The van der Waals surface area contributed by atoms with Crippen molar-refractivity contribution in [2.24, 2.45) is 0 Å². The Morgan fingerprint density at radius 3 is 3.04 bits per heavy atom. The third-order valence-electron chi connectivity index (χ3n) is 5.09. The minimum Gasteiger partial charge on any atom is -0.372 e. The molecule has 3 atom stereocenters. The maximum atomic E-state index is 12.9. The van der Waals surface area contributed by atoms with Gasteiger partial charge in [-0.25, -0.2) is 4.98 Å². The molecule has 1 aliphatic carbocycles. The molecule has 2 aromatic heterocycles. The van der Waals surface area contributed by atoms with Gasteiger partial charge >= 0.3 is 0 Å². The molecule has 2 aromatic rings. The van der Waals surface area contributed by atoms with E-state index in [2.05, 4.69) is 9.97 Å². The van der Waals surface area contributed by atoms with Crippen molar-refractivity contribution < 1.29 is 14.3 Å². The zero-order valence-electron chi connectivity index (χ0n) is 14.9. The Bertz CT molecular complexity index is 768. The molecule has 0 unspecified atom stereocenters. The fourth-order valence-electron chi connectivity index (χ4n) is 3.84. The number of fused-ring (bicyclic) bond motifs is 1. The summed E-state index contributed by atoms with van der Waals surface area (Å²) in [6.45, 7) is 3.55. The van der Waals surface area contributed by atoms with E-state index in [1.807, 2.05) is 42.3 Å². The molecule has 6 heteroatoms. The van der Waals surface area contributed by atoms with Crippen LogP contribution in [0.5, 0.6) is 0 Å². The van der Waals surface area contributed by atoms with E-state index in [1.54, 1.807) is 12.3 Å². The highest BCUT2D eigenvalue weighted by Gasteiger charge is 2.45. The van der Waals surface area contributed by atoms with Crippen LogP contribution in [0.1, 0.15) is 34.6 Å². The predicted molar refractivity (Wildman–Crippen MR) is 95.6 cm³/mol. The largest absolute Gasteiger partial charge is 0.372 e. The zero-order chi connectivity index (χ0) is 17.9. The first-order valence-corrected chi connectivity index (χ1v) is 9.09. The van der Waals surface area contributed by atoms with E-state index in [-0.39, 0.29) is 24.2 Å². The molecule has 0 spiro atoms. The Balaban J connectivity index is 1.43. The number of nitrogens with zero attached hydrogens (tertiary/aromatic N) is 3. The molecule has 0 aromatic carbocycles. The van der Waals surface area contributed by atoms with Gasteiger partial charge in [0.1, 0.15) is 11.8 Å². The third-order valence-corrected chi connectivity index (χ3v) is 5.09. The SMILES string of the molecule is Cc1cccc(C(=O)N2CCO[C@@H]3[C@H]2CC[C@H]3OCc2cccnc2)n1. The molecular formula is C20H23N3O3. The first-order chi connectivity index (χ1) is 12.7. The summed E-state index contributed by atoms with van der Waals surface area (Å²) in [6, 6.07) is 9.52. The normalized spacial score (nSPS) is 25.1. The molecule has 1 amide bonds. The van der Waals surface area contributed by atoms with Gasteiger partial charge in [-0.3, -0.25) is 9.78 Å². The van der Waals surface area contributed by atoms with Gasteiger partial charge in [0.2, 0.25) is 0 Å². The average molecular weight is 353 g/mol. The lowest BCUT2D eigenvalue weighted by molar-refractivity contribution is -0.108. The second-order valence-corrected chi connectivity index (χ2v) is 6.85. The van der Waals surface area contributed by atoms with Crippen LogP contribution in [-0.4, -0.2) is 52.2 Å². The first-order valence-electron chi connectivity index (χ1n) is 9.09. The summed E-state index contributed by atoms with van der Waals surface area (Å²) >= 11 is 0. The van der Waals surface area contributed by atoms with Crippen LogP contribution in [-0.2, 0) is 16.1 Å². The Hall–Kier alpha value is -2.31. The van der Waals surface area contributed by atoms with Gasteiger partial charge in [-0.15, -0.1) is 0 Å². The summed E-state index contributed by atoms with van der Waals surface area (Å²) in [5, 5.41) is 0. The van der Waals surface area contributed by atoms with Crippen molar-refractivity contribution in [1.82, 2.24) is 14.9 Å². The molecule has 1 aliphatic heterocycles. The van der Waals surface area contributed by atoms with Crippen molar-refractivity contribution in [1.29, 1.82) is 0 Å². The summed E-state index contributed by atoms with van der Waals surface area (Å²) < 4.78 is 12.1. The summed E-state index contributed by atoms with van der Waals surface area (Å²) in [5.41, 5.74) is 2.40. The fraction of sp³-hybridized carbons (Fsp3) is 0.450. The Morgan fingerprint density at radius 2 is 2.23 bits per heavy atom. The van der Waals surface area contributed by atoms with Gasteiger partial charge in [0.15, 0.2) is 0 Å². The summed E-state index contributed by atoms with van der Waals surface area (Å²) in [7, 11) is 0. The van der Waals surface area contributed by atoms with Crippen LogP contribution in [0.15, 0.2) is 42.7 Å². The monoisotopic (exact) mass is 353 g/mol. The van der Waals surface area contributed by atoms with Crippen LogP contribution in [0.4, 0.5) is 0 Å². The van der Waals surface area contributed by atoms with Crippen molar-refractivity contribution in [2.45, 2.75) is 44.6 Å². The topological polar surface area (TPSA) is 64.6 Å². The Morgan fingerprint density at radius 1 is 1.31 bits per heavy atom. The molecule has 26 heavy (non-hydrogen) atoms. The number of amides is 1. The number of carbonyl (C=O) groups is 1. The van der Waals surface area contributed by atoms with E-state index in [0.29, 0.717) is 25.5 Å². The fourth-order valence-corrected chi connectivity index (χ4v) is 3.84. The number of aryl methyl sites for hydroxylation is 1. The molecule has 6 nitrogen and oxygen atoms in total. The molecule has 0 radical (unpaired) electrons. The summed E-state index contributed by atoms with van der Waals surface area (Å²) in [4.78, 5) is 23.4. The van der Waals surface area contributed by atoms with Crippen LogP contribution in [0, 0.1) is 6.92 Å². The molecule has 1 saturated carbocycles. The zero-order valence-corrected chi connectivity index (χ0v) is 14.9. The second-order valence-electron chi connectivity index (χ2n) is 6.85. The standard InChI is InChI=1S/C20H23N3O3/c1-14-4-2-6-16(22-14)20(24)23-10-11-25-19-17(23)7-8-18(19)26-13-15-5-3-9-21-12-15/h2-6,9,12,17-19H,7-8,10-11,13H2,1H3/t17-,18-,19-/m1/s1. The lowest BCUT2D eigenvalue weighted by Crippen LogP contribution is -2.54. The molecule has 4 rings (SSSR count). The Kier molecular flexibility index (Phi) is 4.95. The second kappa shape index (κ2) is 7.51. The summed E-state index contributed by atoms with van der Waals surface area (Å²) in [5.74, 6) is -0.0140. The molecule has 0 bridgehead atoms. The van der Waals surface area contributed by atoms with Crippen LogP contribution < -0.4 is 0 Å². The smallest absolute Gasteiger partial charge is 0.272 e. The van der Waals surface area contributed by atoms with Crippen molar-refractivity contribution in [2.75, 3.05) is 13.2 Å². The molecular weight excluding hydrogens is 330 g/mol. The molecule has 0 N–H and O–H groups in total. The molecule has 136 valence electrons. The van der Waals surface area contributed by atoms with E-state index >= 15 is 0 Å². The van der Waals surface area contributed by atoms with Gasteiger partial charge in [-0.1, -0.05) is 12.1 Å². The van der Waals surface area contributed by atoms with Crippen LogP contribution in [0.3, 0.4) is 0 Å². The first kappa shape index (κ1) is 17.1. The lowest BCUT2D eigenvalue weighted by Gasteiger charge is -2.38. The molecule has 2 fully saturated rings. The van der Waals surface area contributed by atoms with E-state index in [4.69, 9.17) is 9.47 Å². The quantitative estimate of drug-likeness (QED) is 0.844. The maximum Gasteiger partial charge on any atom is 0.272 e. The van der Waals surface area contributed by atoms with Crippen molar-refractivity contribution in [3.05, 3.63) is 59.7 Å². The lowest BCUT2D eigenvalue weighted by atomic mass is 10.1. The van der Waals surface area contributed by atoms with Gasteiger partial charge < -0.3 is 14.4 Å². The van der Waals surface area contributed by atoms with E-state index in [1.165, 1.54) is 0 Å². The highest BCUT2D eigenvalue weighted by molar-refractivity contribution is 5.92. The Labute approximate surface area is 153 Å². The van der Waals surface area contributed by atoms with Crippen molar-refractivity contribution in [3.63, 3.8) is 0 Å². The molecule has 1 saturated heterocycles. The van der Waals surface area contributed by atoms with Crippen molar-refractivity contribution >= 4 is 5.91 Å². The van der Waals surface area contributed by atoms with E-state index in [0.717, 1.165) is 24.1 Å². The number of morpholine rings is 1. The summed E-state index contributed by atoms with van der Waals surface area (Å²) in [6.07, 6.45) is 5.27. The number of carbonyl (C=O) groups excluding carboxylic acids is 1. The van der Waals surface area contributed by atoms with E-state index < -0.39 is 0 Å². The van der Waals surface area contributed by atoms with Gasteiger partial charge in [0, 0.05) is 24.6 Å². The van der Waals surface area contributed by atoms with Crippen molar-refractivity contribution in [3.8, 4) is 0 Å². The van der Waals surface area contributed by atoms with Gasteiger partial charge in [0.05, 0.1) is 25.4 Å². The third kappa shape index (κ3) is 3.48. The maximum absolute atomic E-state index is 12.9. The number of pyridine rings is 2. The van der Waals surface area contributed by atoms with Crippen LogP contribution in [0.2, 0.25) is 0 Å². The number of ether oxygens (including phenoxy) is 2. The van der Waals surface area contributed by atoms with Gasteiger partial charge in [0.25, 0.3) is 5.91 Å². The number of hydrogen-bond acceptors (Lipinski definition) is 5. The molecule has 2 aliphatic rings. The number of hydrogen-bond donors (Lipinski definition) is 0. The minimum atomic E-state index is -0.0748. The predicted octanol–water partition coefficient (Wildman–Crippen LogP) is 2.37. The number of rotatable bonds is 4. The highest BCUT2D eigenvalue weighted by Crippen LogP contribution is 2.33. The molecule has 3 heterocycles.